The first-order valence-electron chi connectivity index (χ1n) is 6.75. The molecule has 0 saturated carbocycles. The van der Waals surface area contributed by atoms with Gasteiger partial charge in [0.25, 0.3) is 0 Å². The van der Waals surface area contributed by atoms with E-state index in [0.29, 0.717) is 12.1 Å². The fourth-order valence-electron chi connectivity index (χ4n) is 2.75. The van der Waals surface area contributed by atoms with E-state index in [2.05, 4.69) is 48.5 Å². The Morgan fingerprint density at radius 2 is 2.17 bits per heavy atom. The van der Waals surface area contributed by atoms with Crippen LogP contribution in [0.2, 0.25) is 0 Å². The van der Waals surface area contributed by atoms with Gasteiger partial charge in [-0.25, -0.2) is 0 Å². The highest BCUT2D eigenvalue weighted by Crippen LogP contribution is 2.20. The van der Waals surface area contributed by atoms with E-state index in [0.717, 1.165) is 26.1 Å². The summed E-state index contributed by atoms with van der Waals surface area (Å²) in [6, 6.07) is 9.35. The maximum Gasteiger partial charge on any atom is 0.0703 e. The number of rotatable bonds is 5. The van der Waals surface area contributed by atoms with Crippen molar-refractivity contribution in [2.45, 2.75) is 38.6 Å². The van der Waals surface area contributed by atoms with Gasteiger partial charge in [-0.05, 0) is 38.6 Å². The van der Waals surface area contributed by atoms with Crippen LogP contribution in [0.25, 0.3) is 0 Å². The monoisotopic (exact) mass is 248 g/mol. The van der Waals surface area contributed by atoms with Gasteiger partial charge in [0.05, 0.1) is 6.10 Å². The zero-order chi connectivity index (χ0) is 13.0. The van der Waals surface area contributed by atoms with E-state index in [-0.39, 0.29) is 0 Å². The molecule has 1 fully saturated rings. The Balaban J connectivity index is 1.97. The molecule has 1 saturated heterocycles. The van der Waals surface area contributed by atoms with E-state index >= 15 is 0 Å². The van der Waals surface area contributed by atoms with Gasteiger partial charge in [0.15, 0.2) is 0 Å². The Morgan fingerprint density at radius 3 is 2.83 bits per heavy atom. The number of likely N-dealkylation sites (N-methyl/N-ethyl adjacent to an activating group) is 1. The minimum absolute atomic E-state index is 0.357. The van der Waals surface area contributed by atoms with Gasteiger partial charge >= 0.3 is 0 Å². The lowest BCUT2D eigenvalue weighted by Crippen LogP contribution is -2.36. The van der Waals surface area contributed by atoms with Crippen LogP contribution >= 0.6 is 0 Å². The number of hydrogen-bond acceptors (Lipinski definition) is 3. The second-order valence-corrected chi connectivity index (χ2v) is 5.20. The SMILES string of the molecule is CNCc1cccc(CN(C)C2CCOC2C)c1. The molecular formula is C15H24N2O. The van der Waals surface area contributed by atoms with Crippen LogP contribution in [0, 0.1) is 0 Å². The Morgan fingerprint density at radius 1 is 1.39 bits per heavy atom. The summed E-state index contributed by atoms with van der Waals surface area (Å²) in [5, 5.41) is 3.19. The molecule has 1 aliphatic rings. The molecule has 2 unspecified atom stereocenters. The normalized spacial score (nSPS) is 23.8. The molecule has 1 aromatic rings. The van der Waals surface area contributed by atoms with E-state index in [1.165, 1.54) is 11.1 Å². The predicted octanol–water partition coefficient (Wildman–Crippen LogP) is 2.02. The van der Waals surface area contributed by atoms with Gasteiger partial charge in [0, 0.05) is 25.7 Å². The van der Waals surface area contributed by atoms with Crippen molar-refractivity contribution in [3.05, 3.63) is 35.4 Å². The highest BCUT2D eigenvalue weighted by atomic mass is 16.5. The molecule has 0 aromatic heterocycles. The molecule has 1 aliphatic heterocycles. The van der Waals surface area contributed by atoms with Crippen LogP contribution in [0.4, 0.5) is 0 Å². The Labute approximate surface area is 110 Å². The Bertz CT molecular complexity index is 381. The molecule has 1 aromatic carbocycles. The van der Waals surface area contributed by atoms with Crippen molar-refractivity contribution in [2.24, 2.45) is 0 Å². The summed E-state index contributed by atoms with van der Waals surface area (Å²) in [6.45, 7) is 5.00. The summed E-state index contributed by atoms with van der Waals surface area (Å²) >= 11 is 0. The summed E-state index contributed by atoms with van der Waals surface area (Å²) in [4.78, 5) is 2.41. The lowest BCUT2D eigenvalue weighted by Gasteiger charge is -2.26. The van der Waals surface area contributed by atoms with Crippen LogP contribution in [0.15, 0.2) is 24.3 Å². The first kappa shape index (κ1) is 13.5. The minimum atomic E-state index is 0.357. The van der Waals surface area contributed by atoms with Crippen LogP contribution in [0.1, 0.15) is 24.5 Å². The van der Waals surface area contributed by atoms with Crippen molar-refractivity contribution >= 4 is 0 Å². The third-order valence-electron chi connectivity index (χ3n) is 3.71. The maximum atomic E-state index is 5.63. The molecule has 100 valence electrons. The van der Waals surface area contributed by atoms with Crippen molar-refractivity contribution < 1.29 is 4.74 Å². The van der Waals surface area contributed by atoms with E-state index in [1.807, 2.05) is 7.05 Å². The average molecular weight is 248 g/mol. The lowest BCUT2D eigenvalue weighted by atomic mass is 10.1. The van der Waals surface area contributed by atoms with Gasteiger partial charge in [-0.1, -0.05) is 24.3 Å². The largest absolute Gasteiger partial charge is 0.377 e. The molecule has 1 N–H and O–H groups in total. The van der Waals surface area contributed by atoms with Gasteiger partial charge < -0.3 is 10.1 Å². The summed E-state index contributed by atoms with van der Waals surface area (Å²) in [5.74, 6) is 0. The molecule has 3 nitrogen and oxygen atoms in total. The number of nitrogens with zero attached hydrogens (tertiary/aromatic N) is 1. The van der Waals surface area contributed by atoms with E-state index in [1.54, 1.807) is 0 Å². The third-order valence-corrected chi connectivity index (χ3v) is 3.71. The molecule has 0 bridgehead atoms. The van der Waals surface area contributed by atoms with Crippen molar-refractivity contribution in [3.8, 4) is 0 Å². The van der Waals surface area contributed by atoms with Gasteiger partial charge in [-0.15, -0.1) is 0 Å². The van der Waals surface area contributed by atoms with Crippen molar-refractivity contribution in [1.82, 2.24) is 10.2 Å². The van der Waals surface area contributed by atoms with Gasteiger partial charge in [0.2, 0.25) is 0 Å². The molecule has 0 spiro atoms. The first-order chi connectivity index (χ1) is 8.70. The second-order valence-electron chi connectivity index (χ2n) is 5.20. The molecular weight excluding hydrogens is 224 g/mol. The predicted molar refractivity (Wildman–Crippen MR) is 74.5 cm³/mol. The second kappa shape index (κ2) is 6.32. The highest BCUT2D eigenvalue weighted by Gasteiger charge is 2.27. The van der Waals surface area contributed by atoms with Crippen LogP contribution in [-0.2, 0) is 17.8 Å². The van der Waals surface area contributed by atoms with Crippen molar-refractivity contribution in [3.63, 3.8) is 0 Å². The van der Waals surface area contributed by atoms with Crippen LogP contribution < -0.4 is 5.32 Å². The standard InChI is InChI=1S/C15H24N2O/c1-12-15(7-8-18-12)17(3)11-14-6-4-5-13(9-14)10-16-2/h4-6,9,12,15-16H,7-8,10-11H2,1-3H3. The summed E-state index contributed by atoms with van der Waals surface area (Å²) < 4.78 is 5.63. The number of nitrogens with one attached hydrogen (secondary N) is 1. The number of ether oxygens (including phenoxy) is 1. The van der Waals surface area contributed by atoms with Gasteiger partial charge in [0.1, 0.15) is 0 Å². The van der Waals surface area contributed by atoms with E-state index in [4.69, 9.17) is 4.74 Å². The van der Waals surface area contributed by atoms with Crippen LogP contribution in [0.5, 0.6) is 0 Å². The molecule has 18 heavy (non-hydrogen) atoms. The van der Waals surface area contributed by atoms with Crippen molar-refractivity contribution in [1.29, 1.82) is 0 Å². The summed E-state index contributed by atoms with van der Waals surface area (Å²) in [7, 11) is 4.18. The lowest BCUT2D eigenvalue weighted by molar-refractivity contribution is 0.0814. The highest BCUT2D eigenvalue weighted by molar-refractivity contribution is 5.23. The first-order valence-corrected chi connectivity index (χ1v) is 6.75. The Hall–Kier alpha value is -0.900. The molecule has 3 heteroatoms. The average Bonchev–Trinajstić information content (AvgIpc) is 2.76. The quantitative estimate of drug-likeness (QED) is 0.863. The van der Waals surface area contributed by atoms with Gasteiger partial charge in [-0.3, -0.25) is 4.90 Å². The molecule has 0 amide bonds. The zero-order valence-electron chi connectivity index (χ0n) is 11.6. The number of hydrogen-bond donors (Lipinski definition) is 1. The van der Waals surface area contributed by atoms with Crippen LogP contribution in [-0.4, -0.2) is 37.7 Å². The molecule has 1 heterocycles. The van der Waals surface area contributed by atoms with Crippen LogP contribution in [0.3, 0.4) is 0 Å². The number of benzene rings is 1. The maximum absolute atomic E-state index is 5.63. The minimum Gasteiger partial charge on any atom is -0.377 e. The smallest absolute Gasteiger partial charge is 0.0703 e. The summed E-state index contributed by atoms with van der Waals surface area (Å²) in [5.41, 5.74) is 2.73. The van der Waals surface area contributed by atoms with Crippen molar-refractivity contribution in [2.75, 3.05) is 20.7 Å². The fraction of sp³-hybridized carbons (Fsp3) is 0.600. The molecule has 2 atom stereocenters. The van der Waals surface area contributed by atoms with E-state index < -0.39 is 0 Å². The fourth-order valence-corrected chi connectivity index (χ4v) is 2.75. The molecule has 2 rings (SSSR count). The molecule has 0 radical (unpaired) electrons. The zero-order valence-corrected chi connectivity index (χ0v) is 11.6. The Kier molecular flexibility index (Phi) is 4.75. The third kappa shape index (κ3) is 3.31. The molecule has 0 aliphatic carbocycles. The topological polar surface area (TPSA) is 24.5 Å². The summed E-state index contributed by atoms with van der Waals surface area (Å²) in [6.07, 6.45) is 1.50. The van der Waals surface area contributed by atoms with E-state index in [9.17, 15) is 0 Å². The van der Waals surface area contributed by atoms with Gasteiger partial charge in [-0.2, -0.15) is 0 Å².